The van der Waals surface area contributed by atoms with E-state index in [1.54, 1.807) is 22.9 Å². The van der Waals surface area contributed by atoms with Crippen LogP contribution in [0.2, 0.25) is 0 Å². The molecule has 0 radical (unpaired) electrons. The van der Waals surface area contributed by atoms with Crippen LogP contribution in [0.25, 0.3) is 22.6 Å². The number of carbonyl (C=O) groups is 1. The summed E-state index contributed by atoms with van der Waals surface area (Å²) < 4.78 is 42.6. The van der Waals surface area contributed by atoms with Crippen LogP contribution in [0.5, 0.6) is 5.75 Å². The van der Waals surface area contributed by atoms with E-state index in [0.29, 0.717) is 17.0 Å². The number of halogens is 3. The molecule has 0 atom stereocenters. The van der Waals surface area contributed by atoms with E-state index < -0.39 is 12.3 Å². The van der Waals surface area contributed by atoms with Crippen LogP contribution in [0.15, 0.2) is 48.8 Å². The van der Waals surface area contributed by atoms with Gasteiger partial charge in [-0.15, -0.1) is 13.2 Å². The number of imidazole rings is 1. The molecule has 1 aliphatic rings. The Kier molecular flexibility index (Phi) is 6.02. The number of benzene rings is 1. The third kappa shape index (κ3) is 4.63. The molecule has 0 bridgehead atoms. The number of carboxylic acid groups (broad SMARTS) is 1. The number of rotatable bonds is 5. The van der Waals surface area contributed by atoms with Crippen LogP contribution in [0.4, 0.5) is 13.2 Å². The molecule has 1 aromatic carbocycles. The molecule has 3 aromatic rings. The average molecular weight is 413 g/mol. The van der Waals surface area contributed by atoms with E-state index in [9.17, 15) is 23.1 Å². The molecular weight excluding hydrogens is 398 g/mol. The van der Waals surface area contributed by atoms with Gasteiger partial charge in [0.15, 0.2) is 5.69 Å². The van der Waals surface area contributed by atoms with Crippen molar-refractivity contribution in [3.05, 3.63) is 54.5 Å². The molecule has 1 fully saturated rings. The quantitative estimate of drug-likeness (QED) is 0.642. The van der Waals surface area contributed by atoms with E-state index in [2.05, 4.69) is 14.7 Å². The monoisotopic (exact) mass is 413 g/mol. The normalized spacial score (nSPS) is 13.6. The molecule has 1 N–H and O–H groups in total. The second-order valence-electron chi connectivity index (χ2n) is 6.35. The van der Waals surface area contributed by atoms with Crippen LogP contribution in [0.1, 0.15) is 29.4 Å². The van der Waals surface area contributed by atoms with Gasteiger partial charge in [0.2, 0.25) is 0 Å². The number of hydrogen-bond donors (Lipinski definition) is 1. The molecule has 1 aliphatic carbocycles. The summed E-state index contributed by atoms with van der Waals surface area (Å²) in [6, 6.07) is 8.60. The van der Waals surface area contributed by atoms with Crippen molar-refractivity contribution in [3.8, 4) is 28.4 Å². The molecule has 0 amide bonds. The van der Waals surface area contributed by atoms with E-state index in [-0.39, 0.29) is 52.7 Å². The Hall–Kier alpha value is -2.36. The Morgan fingerprint density at radius 1 is 1.14 bits per heavy atom. The van der Waals surface area contributed by atoms with Gasteiger partial charge in [0.25, 0.3) is 0 Å². The van der Waals surface area contributed by atoms with Gasteiger partial charge >= 0.3 is 41.9 Å². The van der Waals surface area contributed by atoms with Crippen molar-refractivity contribution in [3.63, 3.8) is 0 Å². The van der Waals surface area contributed by atoms with Crippen molar-refractivity contribution < 1.29 is 27.8 Å². The van der Waals surface area contributed by atoms with Crippen molar-refractivity contribution in [2.24, 2.45) is 0 Å². The zero-order chi connectivity index (χ0) is 19.9. The molecule has 1 saturated carbocycles. The fraction of sp³-hybridized carbons (Fsp3) is 0.211. The number of ether oxygens (including phenoxy) is 1. The van der Waals surface area contributed by atoms with Crippen LogP contribution in [0.3, 0.4) is 0 Å². The van der Waals surface area contributed by atoms with E-state index in [1.807, 2.05) is 0 Å². The van der Waals surface area contributed by atoms with Gasteiger partial charge in [-0.2, -0.15) is 0 Å². The van der Waals surface area contributed by atoms with E-state index in [0.717, 1.165) is 12.8 Å². The minimum absolute atomic E-state index is 0. The summed E-state index contributed by atoms with van der Waals surface area (Å²) in [4.78, 5) is 20.5. The molecule has 146 valence electrons. The Balaban J connectivity index is 0.00000240. The summed E-state index contributed by atoms with van der Waals surface area (Å²) in [7, 11) is 0. The third-order valence-electron chi connectivity index (χ3n) is 4.31. The first-order valence-electron chi connectivity index (χ1n) is 8.45. The SMILES string of the molecule is O=C(O)c1c(-c2cccnc2)nc(-c2ccc(OC(F)(F)F)cc2)n1C1CC1.[NaH]. The number of pyridine rings is 1. The molecule has 0 spiro atoms. The Bertz CT molecular complexity index is 1020. The minimum atomic E-state index is -4.78. The summed E-state index contributed by atoms with van der Waals surface area (Å²) in [5.74, 6) is -1.09. The number of alkyl halides is 3. The molecule has 6 nitrogen and oxygen atoms in total. The van der Waals surface area contributed by atoms with Crippen molar-refractivity contribution in [1.82, 2.24) is 14.5 Å². The Morgan fingerprint density at radius 2 is 1.83 bits per heavy atom. The van der Waals surface area contributed by atoms with Crippen molar-refractivity contribution in [1.29, 1.82) is 0 Å². The van der Waals surface area contributed by atoms with Gasteiger partial charge in [-0.3, -0.25) is 4.98 Å². The number of aromatic nitrogens is 3. The van der Waals surface area contributed by atoms with Crippen molar-refractivity contribution >= 4 is 35.5 Å². The summed E-state index contributed by atoms with van der Waals surface area (Å²) in [5.41, 5.74) is 1.37. The third-order valence-corrected chi connectivity index (χ3v) is 4.31. The van der Waals surface area contributed by atoms with Crippen molar-refractivity contribution in [2.75, 3.05) is 0 Å². The first kappa shape index (κ1) is 21.4. The summed E-state index contributed by atoms with van der Waals surface area (Å²) in [5, 5.41) is 9.79. The first-order valence-corrected chi connectivity index (χ1v) is 8.45. The zero-order valence-corrected chi connectivity index (χ0v) is 14.3. The number of aromatic carboxylic acids is 1. The molecule has 29 heavy (non-hydrogen) atoms. The first-order chi connectivity index (χ1) is 13.3. The second kappa shape index (κ2) is 8.17. The van der Waals surface area contributed by atoms with Gasteiger partial charge in [-0.1, -0.05) is 0 Å². The number of nitrogens with zero attached hydrogens (tertiary/aromatic N) is 3. The van der Waals surface area contributed by atoms with Crippen LogP contribution in [-0.2, 0) is 0 Å². The molecule has 0 saturated heterocycles. The Morgan fingerprint density at radius 3 is 2.34 bits per heavy atom. The van der Waals surface area contributed by atoms with Gasteiger partial charge in [0, 0.05) is 29.6 Å². The van der Waals surface area contributed by atoms with Crippen LogP contribution < -0.4 is 4.74 Å². The van der Waals surface area contributed by atoms with Gasteiger partial charge < -0.3 is 14.4 Å². The molecule has 0 aliphatic heterocycles. The fourth-order valence-corrected chi connectivity index (χ4v) is 3.04. The zero-order valence-electron chi connectivity index (χ0n) is 14.3. The molecule has 10 heteroatoms. The molecule has 4 rings (SSSR count). The summed E-state index contributed by atoms with van der Waals surface area (Å²) >= 11 is 0. The summed E-state index contributed by atoms with van der Waals surface area (Å²) in [6.07, 6.45) is -0.0626. The van der Waals surface area contributed by atoms with E-state index in [1.165, 1.54) is 30.5 Å². The van der Waals surface area contributed by atoms with Gasteiger partial charge in [-0.25, -0.2) is 9.78 Å². The predicted molar refractivity (Wildman–Crippen MR) is 100.0 cm³/mol. The maximum atomic E-state index is 12.4. The number of hydrogen-bond acceptors (Lipinski definition) is 4. The van der Waals surface area contributed by atoms with Crippen LogP contribution in [-0.4, -0.2) is 61.5 Å². The van der Waals surface area contributed by atoms with Gasteiger partial charge in [-0.05, 0) is 49.2 Å². The second-order valence-corrected chi connectivity index (χ2v) is 6.35. The molecular formula is C19H15F3N3NaO3. The Labute approximate surface area is 185 Å². The topological polar surface area (TPSA) is 77.2 Å². The summed E-state index contributed by atoms with van der Waals surface area (Å²) in [6.45, 7) is 0. The van der Waals surface area contributed by atoms with Crippen molar-refractivity contribution in [2.45, 2.75) is 25.2 Å². The van der Waals surface area contributed by atoms with E-state index >= 15 is 0 Å². The maximum absolute atomic E-state index is 12.4. The number of carboxylic acids is 1. The molecule has 2 aromatic heterocycles. The van der Waals surface area contributed by atoms with Crippen LogP contribution in [0, 0.1) is 0 Å². The average Bonchev–Trinajstić information content (AvgIpc) is 3.41. The predicted octanol–water partition coefficient (Wildman–Crippen LogP) is 3.90. The van der Waals surface area contributed by atoms with E-state index in [4.69, 9.17) is 0 Å². The van der Waals surface area contributed by atoms with Crippen LogP contribution >= 0.6 is 0 Å². The van der Waals surface area contributed by atoms with Gasteiger partial charge in [0.05, 0.1) is 0 Å². The molecule has 2 heterocycles. The molecule has 0 unspecified atom stereocenters. The van der Waals surface area contributed by atoms with Gasteiger partial charge in [0.1, 0.15) is 17.3 Å². The standard InChI is InChI=1S/C19H14F3N3O3.Na.H/c20-19(21,22)28-14-7-3-11(4-8-14)17-24-15(12-2-1-9-23-10-12)16(18(26)27)25(17)13-5-6-13;;/h1-4,7-10,13H,5-6H2,(H,26,27);;. The fourth-order valence-electron chi connectivity index (χ4n) is 3.04.